The molecule has 1 N–H and O–H groups in total. The molecule has 0 aliphatic carbocycles. The second-order valence-corrected chi connectivity index (χ2v) is 9.34. The van der Waals surface area contributed by atoms with Crippen molar-refractivity contribution in [2.75, 3.05) is 19.5 Å². The lowest BCUT2D eigenvalue weighted by atomic mass is 10.2. The number of carbonyl (C=O) groups is 2. The Morgan fingerprint density at radius 3 is 2.34 bits per heavy atom. The molecule has 1 atom stereocenters. The van der Waals surface area contributed by atoms with Crippen LogP contribution >= 0.6 is 23.4 Å². The number of aliphatic imine (C=N–C) groups is 1. The lowest BCUT2D eigenvalue weighted by molar-refractivity contribution is -0.129. The minimum Gasteiger partial charge on any atom is -0.497 e. The highest BCUT2D eigenvalue weighted by Gasteiger charge is 2.36. The third-order valence-electron chi connectivity index (χ3n) is 5.32. The first-order chi connectivity index (χ1) is 16.9. The van der Waals surface area contributed by atoms with Crippen molar-refractivity contribution in [2.45, 2.75) is 18.2 Å². The lowest BCUT2D eigenvalue weighted by Gasteiger charge is -2.32. The summed E-state index contributed by atoms with van der Waals surface area (Å²) in [6.45, 7) is 0.327. The van der Waals surface area contributed by atoms with Crippen LogP contribution in [0.5, 0.6) is 11.5 Å². The molecule has 1 aliphatic rings. The average molecular weight is 510 g/mol. The molecule has 2 amide bonds. The Morgan fingerprint density at radius 2 is 1.71 bits per heavy atom. The fraction of sp³-hybridized carbons (Fsp3) is 0.192. The zero-order chi connectivity index (χ0) is 24.8. The molecule has 0 unspecified atom stereocenters. The van der Waals surface area contributed by atoms with E-state index < -0.39 is 5.25 Å². The van der Waals surface area contributed by atoms with Gasteiger partial charge in [0, 0.05) is 17.1 Å². The lowest BCUT2D eigenvalue weighted by Crippen LogP contribution is -2.44. The SMILES string of the molecule is COc1ccc(CN2C(=O)C[C@H](C(=O)Nc3cccc(Cl)c3)SC2=Nc2ccc(OC)cc2)cc1. The van der Waals surface area contributed by atoms with Crippen molar-refractivity contribution in [1.29, 1.82) is 0 Å². The predicted molar refractivity (Wildman–Crippen MR) is 140 cm³/mol. The van der Waals surface area contributed by atoms with Gasteiger partial charge in [-0.05, 0) is 60.2 Å². The Morgan fingerprint density at radius 1 is 1.06 bits per heavy atom. The number of nitrogens with zero attached hydrogens (tertiary/aromatic N) is 2. The highest BCUT2D eigenvalue weighted by molar-refractivity contribution is 8.15. The molecule has 1 heterocycles. The van der Waals surface area contributed by atoms with Crippen molar-refractivity contribution < 1.29 is 19.1 Å². The quantitative estimate of drug-likeness (QED) is 0.453. The maximum atomic E-state index is 13.2. The van der Waals surface area contributed by atoms with E-state index in [1.54, 1.807) is 67.7 Å². The number of amides is 2. The Bertz CT molecular complexity index is 1230. The van der Waals surface area contributed by atoms with Gasteiger partial charge in [-0.25, -0.2) is 4.99 Å². The van der Waals surface area contributed by atoms with Crippen LogP contribution in [-0.4, -0.2) is 41.4 Å². The average Bonchev–Trinajstić information content (AvgIpc) is 2.86. The van der Waals surface area contributed by atoms with E-state index in [-0.39, 0.29) is 18.2 Å². The minimum absolute atomic E-state index is 0.0504. The van der Waals surface area contributed by atoms with Gasteiger partial charge in [-0.2, -0.15) is 0 Å². The van der Waals surface area contributed by atoms with Crippen LogP contribution in [-0.2, 0) is 16.1 Å². The maximum Gasteiger partial charge on any atom is 0.238 e. The van der Waals surface area contributed by atoms with Crippen LogP contribution in [0.1, 0.15) is 12.0 Å². The number of halogens is 1. The van der Waals surface area contributed by atoms with Crippen molar-refractivity contribution in [3.8, 4) is 11.5 Å². The van der Waals surface area contributed by atoms with Crippen LogP contribution in [0.25, 0.3) is 0 Å². The predicted octanol–water partition coefficient (Wildman–Crippen LogP) is 5.52. The van der Waals surface area contributed by atoms with Gasteiger partial charge in [-0.3, -0.25) is 14.5 Å². The number of benzene rings is 3. The molecular weight excluding hydrogens is 486 g/mol. The molecule has 9 heteroatoms. The van der Waals surface area contributed by atoms with Gasteiger partial charge < -0.3 is 14.8 Å². The summed E-state index contributed by atoms with van der Waals surface area (Å²) in [6.07, 6.45) is 0.0504. The largest absolute Gasteiger partial charge is 0.497 e. The maximum absolute atomic E-state index is 13.2. The van der Waals surface area contributed by atoms with E-state index in [1.807, 2.05) is 24.3 Å². The number of thioether (sulfide) groups is 1. The molecule has 0 saturated carbocycles. The number of anilines is 1. The first-order valence-electron chi connectivity index (χ1n) is 10.8. The smallest absolute Gasteiger partial charge is 0.238 e. The minimum atomic E-state index is -0.634. The highest BCUT2D eigenvalue weighted by atomic mass is 35.5. The van der Waals surface area contributed by atoms with Gasteiger partial charge in [-0.15, -0.1) is 0 Å². The highest BCUT2D eigenvalue weighted by Crippen LogP contribution is 2.32. The van der Waals surface area contributed by atoms with Crippen LogP contribution in [0.4, 0.5) is 11.4 Å². The van der Waals surface area contributed by atoms with Crippen LogP contribution in [0.3, 0.4) is 0 Å². The number of carbonyl (C=O) groups excluding carboxylic acids is 2. The van der Waals surface area contributed by atoms with Gasteiger partial charge in [0.25, 0.3) is 0 Å². The van der Waals surface area contributed by atoms with Gasteiger partial charge >= 0.3 is 0 Å². The molecule has 1 fully saturated rings. The van der Waals surface area contributed by atoms with Crippen molar-refractivity contribution >= 4 is 51.7 Å². The van der Waals surface area contributed by atoms with Crippen molar-refractivity contribution in [1.82, 2.24) is 4.90 Å². The standard InChI is InChI=1S/C26H24ClN3O4S/c1-33-21-10-6-17(7-11-21)16-30-24(31)15-23(25(32)28-20-5-3-4-18(27)14-20)35-26(30)29-19-8-12-22(34-2)13-9-19/h3-14,23H,15-16H2,1-2H3,(H,28,32)/t23-/m1/s1. The molecular formula is C26H24ClN3O4S. The number of rotatable bonds is 7. The topological polar surface area (TPSA) is 80.2 Å². The van der Waals surface area contributed by atoms with Crippen molar-refractivity contribution in [2.24, 2.45) is 4.99 Å². The first kappa shape index (κ1) is 24.6. The summed E-state index contributed by atoms with van der Waals surface area (Å²) in [7, 11) is 3.20. The van der Waals surface area contributed by atoms with Crippen molar-refractivity contribution in [3.63, 3.8) is 0 Å². The molecule has 1 saturated heterocycles. The van der Waals surface area contributed by atoms with E-state index >= 15 is 0 Å². The Balaban J connectivity index is 1.59. The van der Waals surface area contributed by atoms with Crippen LogP contribution < -0.4 is 14.8 Å². The molecule has 1 aliphatic heterocycles. The summed E-state index contributed by atoms with van der Waals surface area (Å²) in [4.78, 5) is 32.6. The first-order valence-corrected chi connectivity index (χ1v) is 12.1. The molecule has 0 bridgehead atoms. The van der Waals surface area contributed by atoms with Gasteiger partial charge in [-0.1, -0.05) is 41.6 Å². The number of methoxy groups -OCH3 is 2. The second-order valence-electron chi connectivity index (χ2n) is 7.73. The van der Waals surface area contributed by atoms with E-state index in [0.717, 1.165) is 11.3 Å². The number of hydrogen-bond acceptors (Lipinski definition) is 6. The van der Waals surface area contributed by atoms with Gasteiger partial charge in [0.1, 0.15) is 16.7 Å². The van der Waals surface area contributed by atoms with E-state index in [4.69, 9.17) is 26.1 Å². The monoisotopic (exact) mass is 509 g/mol. The second kappa shape index (κ2) is 11.3. The fourth-order valence-corrected chi connectivity index (χ4v) is 4.75. The number of ether oxygens (including phenoxy) is 2. The third kappa shape index (κ3) is 6.35. The summed E-state index contributed by atoms with van der Waals surface area (Å²) >= 11 is 7.29. The molecule has 4 rings (SSSR count). The number of amidine groups is 1. The molecule has 0 radical (unpaired) electrons. The van der Waals surface area contributed by atoms with Crippen LogP contribution in [0, 0.1) is 0 Å². The van der Waals surface area contributed by atoms with E-state index in [0.29, 0.717) is 33.9 Å². The normalized spacial score (nSPS) is 16.8. The molecule has 180 valence electrons. The van der Waals surface area contributed by atoms with E-state index in [1.165, 1.54) is 11.8 Å². The Hall–Kier alpha value is -3.49. The summed E-state index contributed by atoms with van der Waals surface area (Å²) in [5.74, 6) is 0.975. The fourth-order valence-electron chi connectivity index (χ4n) is 3.47. The molecule has 0 aromatic heterocycles. The summed E-state index contributed by atoms with van der Waals surface area (Å²) in [6, 6.07) is 21.6. The summed E-state index contributed by atoms with van der Waals surface area (Å²) < 4.78 is 10.4. The zero-order valence-electron chi connectivity index (χ0n) is 19.2. The molecule has 3 aromatic rings. The van der Waals surface area contributed by atoms with E-state index in [9.17, 15) is 9.59 Å². The molecule has 3 aromatic carbocycles. The number of nitrogens with one attached hydrogen (secondary N) is 1. The Kier molecular flexibility index (Phi) is 7.94. The van der Waals surface area contributed by atoms with Gasteiger partial charge in [0.2, 0.25) is 11.8 Å². The number of hydrogen-bond donors (Lipinski definition) is 1. The van der Waals surface area contributed by atoms with E-state index in [2.05, 4.69) is 5.32 Å². The summed E-state index contributed by atoms with van der Waals surface area (Å²) in [5.41, 5.74) is 2.14. The van der Waals surface area contributed by atoms with Crippen LogP contribution in [0.2, 0.25) is 5.02 Å². The Labute approximate surface area is 213 Å². The van der Waals surface area contributed by atoms with Gasteiger partial charge in [0.15, 0.2) is 5.17 Å². The third-order valence-corrected chi connectivity index (χ3v) is 6.74. The summed E-state index contributed by atoms with van der Waals surface area (Å²) in [5, 5.41) is 3.18. The molecule has 7 nitrogen and oxygen atoms in total. The molecule has 35 heavy (non-hydrogen) atoms. The van der Waals surface area contributed by atoms with Crippen molar-refractivity contribution in [3.05, 3.63) is 83.4 Å². The zero-order valence-corrected chi connectivity index (χ0v) is 20.8. The molecule has 0 spiro atoms. The van der Waals surface area contributed by atoms with Gasteiger partial charge in [0.05, 0.1) is 26.5 Å². The van der Waals surface area contributed by atoms with Crippen LogP contribution in [0.15, 0.2) is 77.8 Å².